The van der Waals surface area contributed by atoms with Crippen molar-refractivity contribution in [1.82, 2.24) is 10.2 Å². The van der Waals surface area contributed by atoms with Gasteiger partial charge in [0, 0.05) is 26.6 Å². The van der Waals surface area contributed by atoms with Crippen LogP contribution in [0.15, 0.2) is 30.3 Å². The zero-order valence-corrected chi connectivity index (χ0v) is 11.7. The van der Waals surface area contributed by atoms with Crippen LogP contribution in [-0.2, 0) is 9.59 Å². The van der Waals surface area contributed by atoms with Crippen molar-refractivity contribution < 1.29 is 9.59 Å². The van der Waals surface area contributed by atoms with Crippen LogP contribution >= 0.6 is 0 Å². The highest BCUT2D eigenvalue weighted by Gasteiger charge is 2.30. The predicted molar refractivity (Wildman–Crippen MR) is 76.7 cm³/mol. The van der Waals surface area contributed by atoms with E-state index >= 15 is 0 Å². The van der Waals surface area contributed by atoms with Gasteiger partial charge in [0.25, 0.3) is 0 Å². The van der Waals surface area contributed by atoms with Crippen molar-refractivity contribution in [2.24, 2.45) is 11.7 Å². The molecule has 20 heavy (non-hydrogen) atoms. The van der Waals surface area contributed by atoms with Gasteiger partial charge in [-0.1, -0.05) is 30.3 Å². The summed E-state index contributed by atoms with van der Waals surface area (Å²) in [6, 6.07) is 9.52. The molecule has 5 nitrogen and oxygen atoms in total. The standard InChI is InChI=1S/C15H21N3O2/c1-11(19)18-8-7-13(10-18)15(20)17-14(9-16)12-5-3-2-4-6-12/h2-6,13-14H,7-10,16H2,1H3,(H,17,20)/t13?,14-/m1/s1. The van der Waals surface area contributed by atoms with Crippen LogP contribution in [-0.4, -0.2) is 36.3 Å². The van der Waals surface area contributed by atoms with Crippen molar-refractivity contribution in [2.75, 3.05) is 19.6 Å². The summed E-state index contributed by atoms with van der Waals surface area (Å²) < 4.78 is 0. The van der Waals surface area contributed by atoms with E-state index in [1.807, 2.05) is 30.3 Å². The highest BCUT2D eigenvalue weighted by atomic mass is 16.2. The van der Waals surface area contributed by atoms with Crippen LogP contribution in [0.5, 0.6) is 0 Å². The van der Waals surface area contributed by atoms with E-state index in [0.717, 1.165) is 12.0 Å². The third-order valence-corrected chi connectivity index (χ3v) is 3.76. The maximum Gasteiger partial charge on any atom is 0.225 e. The minimum Gasteiger partial charge on any atom is -0.348 e. The van der Waals surface area contributed by atoms with Crippen LogP contribution < -0.4 is 11.1 Å². The zero-order chi connectivity index (χ0) is 14.5. The normalized spacial score (nSPS) is 19.7. The second-order valence-electron chi connectivity index (χ2n) is 5.16. The molecule has 5 heteroatoms. The number of nitrogens with two attached hydrogens (primary N) is 1. The molecule has 1 aliphatic heterocycles. The van der Waals surface area contributed by atoms with Crippen molar-refractivity contribution in [1.29, 1.82) is 0 Å². The number of carbonyl (C=O) groups excluding carboxylic acids is 2. The molecule has 3 N–H and O–H groups in total. The maximum atomic E-state index is 12.3. The van der Waals surface area contributed by atoms with E-state index in [-0.39, 0.29) is 23.8 Å². The summed E-state index contributed by atoms with van der Waals surface area (Å²) in [5.41, 5.74) is 6.75. The highest BCUT2D eigenvalue weighted by Crippen LogP contribution is 2.18. The van der Waals surface area contributed by atoms with Crippen molar-refractivity contribution in [3.63, 3.8) is 0 Å². The molecule has 1 aromatic rings. The fourth-order valence-corrected chi connectivity index (χ4v) is 2.51. The molecule has 2 rings (SSSR count). The number of hydrogen-bond donors (Lipinski definition) is 2. The Morgan fingerprint density at radius 3 is 2.65 bits per heavy atom. The van der Waals surface area contributed by atoms with E-state index in [4.69, 9.17) is 5.73 Å². The number of hydrogen-bond acceptors (Lipinski definition) is 3. The summed E-state index contributed by atoms with van der Waals surface area (Å²) in [6.45, 7) is 3.06. The van der Waals surface area contributed by atoms with E-state index in [9.17, 15) is 9.59 Å². The summed E-state index contributed by atoms with van der Waals surface area (Å²) >= 11 is 0. The van der Waals surface area contributed by atoms with Crippen LogP contribution in [0.2, 0.25) is 0 Å². The minimum absolute atomic E-state index is 0.0203. The number of rotatable bonds is 4. The van der Waals surface area contributed by atoms with Gasteiger partial charge in [-0.3, -0.25) is 9.59 Å². The Labute approximate surface area is 119 Å². The number of carbonyl (C=O) groups is 2. The number of nitrogens with zero attached hydrogens (tertiary/aromatic N) is 1. The van der Waals surface area contributed by atoms with Gasteiger partial charge in [0.2, 0.25) is 11.8 Å². The summed E-state index contributed by atoms with van der Waals surface area (Å²) in [7, 11) is 0. The summed E-state index contributed by atoms with van der Waals surface area (Å²) in [5, 5.41) is 2.98. The van der Waals surface area contributed by atoms with E-state index in [1.165, 1.54) is 6.92 Å². The lowest BCUT2D eigenvalue weighted by Crippen LogP contribution is -2.38. The molecule has 0 spiro atoms. The SMILES string of the molecule is CC(=O)N1CCC(C(=O)N[C@H](CN)c2ccccc2)C1. The second-order valence-corrected chi connectivity index (χ2v) is 5.16. The second kappa shape index (κ2) is 6.52. The largest absolute Gasteiger partial charge is 0.348 e. The average molecular weight is 275 g/mol. The fraction of sp³-hybridized carbons (Fsp3) is 0.467. The van der Waals surface area contributed by atoms with Crippen LogP contribution in [0.4, 0.5) is 0 Å². The van der Waals surface area contributed by atoms with E-state index in [1.54, 1.807) is 4.90 Å². The van der Waals surface area contributed by atoms with Crippen molar-refractivity contribution in [3.05, 3.63) is 35.9 Å². The molecule has 1 aromatic carbocycles. The number of amides is 2. The van der Waals surface area contributed by atoms with E-state index < -0.39 is 0 Å². The van der Waals surface area contributed by atoms with Crippen LogP contribution in [0, 0.1) is 5.92 Å². The van der Waals surface area contributed by atoms with Gasteiger partial charge in [-0.25, -0.2) is 0 Å². The van der Waals surface area contributed by atoms with Gasteiger partial charge < -0.3 is 16.0 Å². The Kier molecular flexibility index (Phi) is 4.74. The molecule has 2 amide bonds. The molecule has 0 aliphatic carbocycles. The first-order valence-corrected chi connectivity index (χ1v) is 6.92. The third-order valence-electron chi connectivity index (χ3n) is 3.76. The summed E-state index contributed by atoms with van der Waals surface area (Å²) in [6.07, 6.45) is 0.720. The van der Waals surface area contributed by atoms with Crippen LogP contribution in [0.1, 0.15) is 24.9 Å². The molecule has 0 aromatic heterocycles. The lowest BCUT2D eigenvalue weighted by atomic mass is 10.0. The molecular formula is C15H21N3O2. The molecule has 0 saturated carbocycles. The molecule has 1 fully saturated rings. The van der Waals surface area contributed by atoms with E-state index in [0.29, 0.717) is 19.6 Å². The van der Waals surface area contributed by atoms with Crippen LogP contribution in [0.25, 0.3) is 0 Å². The average Bonchev–Trinajstić information content (AvgIpc) is 2.95. The Morgan fingerprint density at radius 1 is 1.40 bits per heavy atom. The van der Waals surface area contributed by atoms with Gasteiger partial charge >= 0.3 is 0 Å². The maximum absolute atomic E-state index is 12.3. The predicted octanol–water partition coefficient (Wildman–Crippen LogP) is 0.671. The molecule has 1 heterocycles. The third kappa shape index (κ3) is 3.36. The fourth-order valence-electron chi connectivity index (χ4n) is 2.51. The smallest absolute Gasteiger partial charge is 0.225 e. The first kappa shape index (κ1) is 14.5. The van der Waals surface area contributed by atoms with Crippen LogP contribution in [0.3, 0.4) is 0 Å². The molecule has 1 unspecified atom stereocenters. The lowest BCUT2D eigenvalue weighted by Gasteiger charge is -2.20. The number of benzene rings is 1. The Morgan fingerprint density at radius 2 is 2.10 bits per heavy atom. The monoisotopic (exact) mass is 275 g/mol. The van der Waals surface area contributed by atoms with Gasteiger partial charge in [0.15, 0.2) is 0 Å². The van der Waals surface area contributed by atoms with Gasteiger partial charge in [0.05, 0.1) is 12.0 Å². The van der Waals surface area contributed by atoms with Crippen molar-refractivity contribution in [3.8, 4) is 0 Å². The van der Waals surface area contributed by atoms with Gasteiger partial charge in [0.1, 0.15) is 0 Å². The van der Waals surface area contributed by atoms with Gasteiger partial charge in [-0.05, 0) is 12.0 Å². The zero-order valence-electron chi connectivity index (χ0n) is 11.7. The lowest BCUT2D eigenvalue weighted by molar-refractivity contribution is -0.128. The van der Waals surface area contributed by atoms with E-state index in [2.05, 4.69) is 5.32 Å². The number of nitrogens with one attached hydrogen (secondary N) is 1. The Bertz CT molecular complexity index is 475. The molecule has 108 valence electrons. The highest BCUT2D eigenvalue weighted by molar-refractivity contribution is 5.81. The first-order valence-electron chi connectivity index (χ1n) is 6.92. The molecule has 2 atom stereocenters. The topological polar surface area (TPSA) is 75.4 Å². The molecule has 1 saturated heterocycles. The Hall–Kier alpha value is -1.88. The van der Waals surface area contributed by atoms with Crippen molar-refractivity contribution in [2.45, 2.75) is 19.4 Å². The summed E-state index contributed by atoms with van der Waals surface area (Å²) in [4.78, 5) is 25.3. The Balaban J connectivity index is 1.95. The minimum atomic E-state index is -0.171. The molecular weight excluding hydrogens is 254 g/mol. The molecule has 1 aliphatic rings. The quantitative estimate of drug-likeness (QED) is 0.848. The molecule has 0 radical (unpaired) electrons. The van der Waals surface area contributed by atoms with Crippen molar-refractivity contribution >= 4 is 11.8 Å². The first-order chi connectivity index (χ1) is 9.61. The number of likely N-dealkylation sites (tertiary alicyclic amines) is 1. The van der Waals surface area contributed by atoms with Gasteiger partial charge in [-0.15, -0.1) is 0 Å². The summed E-state index contributed by atoms with van der Waals surface area (Å²) in [5.74, 6) is -0.122. The molecule has 0 bridgehead atoms. The van der Waals surface area contributed by atoms with Gasteiger partial charge in [-0.2, -0.15) is 0 Å².